The highest BCUT2D eigenvalue weighted by molar-refractivity contribution is 5.91. The first-order chi connectivity index (χ1) is 16.6. The van der Waals surface area contributed by atoms with Crippen LogP contribution in [-0.2, 0) is 13.0 Å². The molecule has 2 unspecified atom stereocenters. The second kappa shape index (κ2) is 8.87. The molecular weight excluding hydrogens is 428 g/mol. The summed E-state index contributed by atoms with van der Waals surface area (Å²) in [5.41, 5.74) is 5.73. The van der Waals surface area contributed by atoms with E-state index in [1.807, 2.05) is 4.90 Å². The summed E-state index contributed by atoms with van der Waals surface area (Å²) in [5.74, 6) is 0.357. The van der Waals surface area contributed by atoms with E-state index in [0.29, 0.717) is 38.0 Å². The summed E-state index contributed by atoms with van der Waals surface area (Å²) in [6, 6.07) is 10.7. The van der Waals surface area contributed by atoms with Gasteiger partial charge in [-0.3, -0.25) is 14.6 Å². The van der Waals surface area contributed by atoms with Crippen molar-refractivity contribution in [3.8, 4) is 0 Å². The van der Waals surface area contributed by atoms with E-state index < -0.39 is 6.10 Å². The van der Waals surface area contributed by atoms with Crippen LogP contribution in [0.3, 0.4) is 0 Å². The Bertz CT molecular complexity index is 1180. The van der Waals surface area contributed by atoms with Crippen LogP contribution in [0.25, 0.3) is 10.9 Å². The third-order valence-corrected chi connectivity index (χ3v) is 7.95. The summed E-state index contributed by atoms with van der Waals surface area (Å²) in [6.07, 6.45) is 4.69. The molecule has 3 aromatic rings. The summed E-state index contributed by atoms with van der Waals surface area (Å²) in [5, 5.41) is 12.5. The quantitative estimate of drug-likeness (QED) is 0.631. The highest BCUT2D eigenvalue weighted by atomic mass is 16.3. The lowest BCUT2D eigenvalue weighted by Crippen LogP contribution is -2.52. The fourth-order valence-corrected chi connectivity index (χ4v) is 6.33. The third-order valence-electron chi connectivity index (χ3n) is 7.95. The molecule has 1 N–H and O–H groups in total. The number of furan rings is 1. The Morgan fingerprint density at radius 1 is 1.12 bits per heavy atom. The van der Waals surface area contributed by atoms with Gasteiger partial charge in [-0.05, 0) is 56.0 Å². The molecule has 0 spiro atoms. The predicted octanol–water partition coefficient (Wildman–Crippen LogP) is 3.05. The van der Waals surface area contributed by atoms with Crippen molar-refractivity contribution in [2.75, 3.05) is 45.8 Å². The molecule has 1 aliphatic carbocycles. The molecule has 180 valence electrons. The van der Waals surface area contributed by atoms with Crippen LogP contribution in [0.4, 0.5) is 0 Å². The minimum atomic E-state index is -0.393. The molecule has 7 nitrogen and oxygen atoms in total. The first-order valence-corrected chi connectivity index (χ1v) is 12.7. The van der Waals surface area contributed by atoms with Crippen LogP contribution in [0.5, 0.6) is 0 Å². The van der Waals surface area contributed by atoms with Crippen molar-refractivity contribution in [1.29, 1.82) is 0 Å². The van der Waals surface area contributed by atoms with Gasteiger partial charge >= 0.3 is 0 Å². The normalized spacial score (nSPS) is 22.2. The summed E-state index contributed by atoms with van der Waals surface area (Å²) in [7, 11) is 0. The summed E-state index contributed by atoms with van der Waals surface area (Å²) in [4.78, 5) is 19.1. The van der Waals surface area contributed by atoms with Crippen LogP contribution >= 0.6 is 0 Å². The molecule has 1 amide bonds. The van der Waals surface area contributed by atoms with E-state index in [4.69, 9.17) is 4.42 Å². The van der Waals surface area contributed by atoms with Gasteiger partial charge in [0.05, 0.1) is 18.4 Å². The second-order valence-electron chi connectivity index (χ2n) is 10.2. The number of β-amino-alcohol motifs (C(OH)–C–C–N with tert-alkyl or cyclic N) is 1. The maximum atomic E-state index is 12.5. The zero-order chi connectivity index (χ0) is 23.2. The van der Waals surface area contributed by atoms with Gasteiger partial charge in [0.25, 0.3) is 5.91 Å². The number of hydrogen-bond acceptors (Lipinski definition) is 5. The lowest BCUT2D eigenvalue weighted by Gasteiger charge is -2.41. The van der Waals surface area contributed by atoms with Crippen molar-refractivity contribution < 1.29 is 14.3 Å². The van der Waals surface area contributed by atoms with Crippen molar-refractivity contribution in [3.63, 3.8) is 0 Å². The number of carbonyl (C=O) groups excluding carboxylic acids is 1. The van der Waals surface area contributed by atoms with E-state index in [2.05, 4.69) is 39.5 Å². The number of amides is 1. The van der Waals surface area contributed by atoms with Gasteiger partial charge in [-0.25, -0.2) is 0 Å². The monoisotopic (exact) mass is 462 g/mol. The number of aryl methyl sites for hydroxylation is 2. The Labute approximate surface area is 200 Å². The van der Waals surface area contributed by atoms with E-state index in [-0.39, 0.29) is 5.91 Å². The van der Waals surface area contributed by atoms with E-state index >= 15 is 0 Å². The van der Waals surface area contributed by atoms with Crippen molar-refractivity contribution in [3.05, 3.63) is 59.2 Å². The van der Waals surface area contributed by atoms with E-state index in [9.17, 15) is 9.90 Å². The Morgan fingerprint density at radius 3 is 2.76 bits per heavy atom. The van der Waals surface area contributed by atoms with Crippen LogP contribution < -0.4 is 0 Å². The van der Waals surface area contributed by atoms with Crippen molar-refractivity contribution in [2.24, 2.45) is 0 Å². The molecule has 2 atom stereocenters. The molecule has 0 radical (unpaired) electrons. The maximum Gasteiger partial charge on any atom is 0.289 e. The maximum absolute atomic E-state index is 12.5. The molecule has 1 fully saturated rings. The number of nitrogens with zero attached hydrogens (tertiary/aromatic N) is 4. The predicted molar refractivity (Wildman–Crippen MR) is 131 cm³/mol. The summed E-state index contributed by atoms with van der Waals surface area (Å²) >= 11 is 0. The minimum Gasteiger partial charge on any atom is -0.459 e. The highest BCUT2D eigenvalue weighted by Crippen LogP contribution is 2.42. The molecule has 2 aromatic heterocycles. The fraction of sp³-hybridized carbons (Fsp3) is 0.519. The van der Waals surface area contributed by atoms with Crippen LogP contribution in [0, 0.1) is 6.92 Å². The van der Waals surface area contributed by atoms with Gasteiger partial charge < -0.3 is 19.0 Å². The van der Waals surface area contributed by atoms with Gasteiger partial charge in [-0.2, -0.15) is 0 Å². The van der Waals surface area contributed by atoms with Crippen LogP contribution in [0.2, 0.25) is 0 Å². The Kier molecular flexibility index (Phi) is 5.71. The molecule has 1 aromatic carbocycles. The Balaban J connectivity index is 1.09. The largest absolute Gasteiger partial charge is 0.459 e. The number of aliphatic hydroxyl groups is 1. The van der Waals surface area contributed by atoms with E-state index in [1.54, 1.807) is 12.1 Å². The van der Waals surface area contributed by atoms with Crippen molar-refractivity contribution in [2.45, 2.75) is 44.9 Å². The van der Waals surface area contributed by atoms with Gasteiger partial charge in [-0.1, -0.05) is 11.6 Å². The smallest absolute Gasteiger partial charge is 0.289 e. The van der Waals surface area contributed by atoms with Gasteiger partial charge in [0.1, 0.15) is 0 Å². The molecular formula is C27H34N4O3. The molecule has 7 heteroatoms. The lowest BCUT2D eigenvalue weighted by molar-refractivity contribution is 0.0271. The summed E-state index contributed by atoms with van der Waals surface area (Å²) < 4.78 is 7.80. The summed E-state index contributed by atoms with van der Waals surface area (Å²) in [6.45, 7) is 8.41. The first kappa shape index (κ1) is 21.9. The average molecular weight is 463 g/mol. The number of fused-ring (bicyclic) bond motifs is 3. The van der Waals surface area contributed by atoms with Crippen LogP contribution in [-0.4, -0.2) is 82.2 Å². The molecule has 1 saturated heterocycles. The molecule has 3 aliphatic rings. The molecule has 0 saturated carbocycles. The first-order valence-electron chi connectivity index (χ1n) is 12.7. The Hall–Kier alpha value is -2.61. The number of aliphatic hydroxyl groups excluding tert-OH is 1. The lowest BCUT2D eigenvalue weighted by atomic mass is 9.89. The molecule has 0 bridgehead atoms. The average Bonchev–Trinajstić information content (AvgIpc) is 3.49. The molecule has 2 aliphatic heterocycles. The van der Waals surface area contributed by atoms with Crippen molar-refractivity contribution >= 4 is 16.8 Å². The van der Waals surface area contributed by atoms with Gasteiger partial charge in [0, 0.05) is 69.0 Å². The standard InChI is InChI=1S/C27H34N4O3/c1-19-7-8-23-22(16-19)21-4-2-5-24-26(21)31(23)14-13-30(24)18-20(32)17-28-9-11-29(12-10-28)27(33)25-6-3-15-34-25/h3,6-8,15-16,20,24,32H,2,4-5,9-14,17-18H2,1H3. The highest BCUT2D eigenvalue weighted by Gasteiger charge is 2.35. The van der Waals surface area contributed by atoms with Crippen LogP contribution in [0.15, 0.2) is 41.0 Å². The number of aromatic nitrogens is 1. The third kappa shape index (κ3) is 3.85. The van der Waals surface area contributed by atoms with Gasteiger partial charge in [-0.15, -0.1) is 0 Å². The van der Waals surface area contributed by atoms with Crippen LogP contribution in [0.1, 0.15) is 46.3 Å². The van der Waals surface area contributed by atoms with Gasteiger partial charge in [0.15, 0.2) is 5.76 Å². The topological polar surface area (TPSA) is 65.1 Å². The minimum absolute atomic E-state index is 0.0443. The second-order valence-corrected chi connectivity index (χ2v) is 10.2. The van der Waals surface area contributed by atoms with E-state index in [0.717, 1.165) is 32.6 Å². The fourth-order valence-electron chi connectivity index (χ4n) is 6.33. The molecule has 6 rings (SSSR count). The molecule has 4 heterocycles. The number of rotatable bonds is 5. The number of benzene rings is 1. The number of piperazine rings is 1. The van der Waals surface area contributed by atoms with E-state index in [1.165, 1.54) is 46.8 Å². The SMILES string of the molecule is Cc1ccc2c(c1)c1c3n2CCN(CC(O)CN2CCN(C(=O)c4ccco4)CC2)C3CCC1. The van der Waals surface area contributed by atoms with Gasteiger partial charge in [0.2, 0.25) is 0 Å². The number of carbonyl (C=O) groups is 1. The Morgan fingerprint density at radius 2 is 1.97 bits per heavy atom. The number of hydrogen-bond donors (Lipinski definition) is 1. The zero-order valence-corrected chi connectivity index (χ0v) is 19.9. The van der Waals surface area contributed by atoms with Crippen molar-refractivity contribution in [1.82, 2.24) is 19.3 Å². The zero-order valence-electron chi connectivity index (χ0n) is 19.9. The molecule has 34 heavy (non-hydrogen) atoms.